The summed E-state index contributed by atoms with van der Waals surface area (Å²) in [6.07, 6.45) is 33.7. The van der Waals surface area contributed by atoms with Gasteiger partial charge < -0.3 is 4.55 Å². The van der Waals surface area contributed by atoms with Gasteiger partial charge in [0.1, 0.15) is 0 Å². The molecule has 0 aromatic heterocycles. The Hall–Kier alpha value is 1.51. The van der Waals surface area contributed by atoms with E-state index in [4.69, 9.17) is 0 Å². The van der Waals surface area contributed by atoms with Crippen LogP contribution in [0.1, 0.15) is 181 Å². The predicted molar refractivity (Wildman–Crippen MR) is 151 cm³/mol. The second-order valence-electron chi connectivity index (χ2n) is 10.9. The first kappa shape index (κ1) is 39.6. The van der Waals surface area contributed by atoms with E-state index in [1.54, 1.807) is 0 Å². The monoisotopic (exact) mass is 556 g/mol. The maximum absolute atomic E-state index is 10.9. The summed E-state index contributed by atoms with van der Waals surface area (Å²) in [5.41, 5.74) is 0. The van der Waals surface area contributed by atoms with Crippen LogP contribution in [0.4, 0.5) is 0 Å². The first-order chi connectivity index (χ1) is 17.0. The summed E-state index contributed by atoms with van der Waals surface area (Å²) >= 11 is 0. The Morgan fingerprint density at radius 1 is 0.500 bits per heavy atom. The van der Waals surface area contributed by atoms with Gasteiger partial charge in [0.25, 0.3) is 0 Å². The second-order valence-corrected chi connectivity index (χ2v) is 12.0. The topological polar surface area (TPSA) is 66.4 Å². The molecule has 0 N–H and O–H groups in total. The molecule has 0 spiro atoms. The first-order valence-corrected chi connectivity index (χ1v) is 16.9. The zero-order valence-electron chi connectivity index (χ0n) is 24.7. The van der Waals surface area contributed by atoms with Gasteiger partial charge in [-0.25, -0.2) is 8.42 Å². The molecule has 0 aromatic carbocycles. The molecule has 36 heavy (non-hydrogen) atoms. The minimum Gasteiger partial charge on any atom is -0.726 e. The minimum atomic E-state index is -4.58. The van der Waals surface area contributed by atoms with Gasteiger partial charge >= 0.3 is 51.4 Å². The number of rotatable bonds is 29. The van der Waals surface area contributed by atoms with Crippen molar-refractivity contribution in [3.63, 3.8) is 0 Å². The van der Waals surface area contributed by atoms with E-state index in [-0.39, 0.29) is 63.9 Å². The van der Waals surface area contributed by atoms with E-state index in [1.165, 1.54) is 141 Å². The Morgan fingerprint density at radius 3 is 1.00 bits per heavy atom. The molecule has 0 aliphatic rings. The standard InChI is InChI=1S/C30H62O4S.K/c1-3-5-7-9-11-13-15-17-19-21-23-25-27-30(29-34-35(31,32)33)28-26-24-22-20-18-16-14-12-10-8-6-4-2;/h30H,3-29H2,1-2H3,(H,31,32,33);/q;+1/p-1. The van der Waals surface area contributed by atoms with Crippen molar-refractivity contribution in [3.05, 3.63) is 0 Å². The number of unbranched alkanes of at least 4 members (excludes halogenated alkanes) is 22. The molecular formula is C30H61KO4S. The molecule has 0 amide bonds. The van der Waals surface area contributed by atoms with Crippen LogP contribution < -0.4 is 51.4 Å². The Morgan fingerprint density at radius 2 is 0.750 bits per heavy atom. The second kappa shape index (κ2) is 31.0. The third kappa shape index (κ3) is 33.5. The molecule has 0 radical (unpaired) electrons. The molecular weight excluding hydrogens is 495 g/mol. The summed E-state index contributed by atoms with van der Waals surface area (Å²) in [5.74, 6) is 0.199. The van der Waals surface area contributed by atoms with Crippen molar-refractivity contribution in [1.29, 1.82) is 0 Å². The van der Waals surface area contributed by atoms with E-state index in [0.717, 1.165) is 25.7 Å². The first-order valence-electron chi connectivity index (χ1n) is 15.6. The summed E-state index contributed by atoms with van der Waals surface area (Å²) in [7, 11) is -4.58. The van der Waals surface area contributed by atoms with E-state index in [9.17, 15) is 13.0 Å². The Bertz CT molecular complexity index is 485. The fourth-order valence-electron chi connectivity index (χ4n) is 5.04. The average molecular weight is 557 g/mol. The Balaban J connectivity index is 0. The van der Waals surface area contributed by atoms with Crippen LogP contribution in [0.15, 0.2) is 0 Å². The van der Waals surface area contributed by atoms with Gasteiger partial charge in [-0.3, -0.25) is 4.18 Å². The van der Waals surface area contributed by atoms with Gasteiger partial charge in [-0.1, -0.05) is 168 Å². The van der Waals surface area contributed by atoms with Crippen LogP contribution in [0.3, 0.4) is 0 Å². The van der Waals surface area contributed by atoms with Gasteiger partial charge in [0.15, 0.2) is 0 Å². The van der Waals surface area contributed by atoms with Crippen molar-refractivity contribution in [2.24, 2.45) is 5.92 Å². The van der Waals surface area contributed by atoms with Gasteiger partial charge in [-0.05, 0) is 18.8 Å². The van der Waals surface area contributed by atoms with Gasteiger partial charge in [0.05, 0.1) is 6.61 Å². The summed E-state index contributed by atoms with van der Waals surface area (Å²) in [5, 5.41) is 0. The molecule has 6 heteroatoms. The third-order valence-corrected chi connectivity index (χ3v) is 7.80. The average Bonchev–Trinajstić information content (AvgIpc) is 2.82. The van der Waals surface area contributed by atoms with Crippen LogP contribution in [-0.4, -0.2) is 19.6 Å². The van der Waals surface area contributed by atoms with E-state index >= 15 is 0 Å². The van der Waals surface area contributed by atoms with E-state index in [2.05, 4.69) is 18.0 Å². The predicted octanol–water partition coefficient (Wildman–Crippen LogP) is 7.27. The quantitative estimate of drug-likeness (QED) is 0.0421. The van der Waals surface area contributed by atoms with Gasteiger partial charge in [0, 0.05) is 0 Å². The van der Waals surface area contributed by atoms with Crippen LogP contribution >= 0.6 is 0 Å². The van der Waals surface area contributed by atoms with Crippen LogP contribution in [0, 0.1) is 5.92 Å². The molecule has 0 bridgehead atoms. The molecule has 0 aromatic rings. The molecule has 0 unspecified atom stereocenters. The molecule has 4 nitrogen and oxygen atoms in total. The van der Waals surface area contributed by atoms with Crippen LogP contribution in [0.5, 0.6) is 0 Å². The smallest absolute Gasteiger partial charge is 0.726 e. The minimum absolute atomic E-state index is 0. The molecule has 0 aliphatic heterocycles. The molecule has 212 valence electrons. The number of hydrogen-bond acceptors (Lipinski definition) is 4. The maximum atomic E-state index is 10.9. The summed E-state index contributed by atoms with van der Waals surface area (Å²) in [6, 6.07) is 0. The van der Waals surface area contributed by atoms with E-state index < -0.39 is 10.4 Å². The molecule has 0 rings (SSSR count). The summed E-state index contributed by atoms with van der Waals surface area (Å²) in [4.78, 5) is 0. The zero-order valence-corrected chi connectivity index (χ0v) is 28.7. The Kier molecular flexibility index (Phi) is 34.2. The van der Waals surface area contributed by atoms with E-state index in [1.807, 2.05) is 0 Å². The van der Waals surface area contributed by atoms with Crippen LogP contribution in [0.25, 0.3) is 0 Å². The summed E-state index contributed by atoms with van der Waals surface area (Å²) < 4.78 is 37.3. The maximum Gasteiger partial charge on any atom is 1.00 e. The molecule has 0 saturated heterocycles. The van der Waals surface area contributed by atoms with Crippen LogP contribution in [-0.2, 0) is 14.6 Å². The zero-order chi connectivity index (χ0) is 25.9. The van der Waals surface area contributed by atoms with Crippen molar-refractivity contribution in [1.82, 2.24) is 0 Å². The van der Waals surface area contributed by atoms with Crippen molar-refractivity contribution < 1.29 is 68.5 Å². The van der Waals surface area contributed by atoms with Gasteiger partial charge in [-0.2, -0.15) is 0 Å². The SMILES string of the molecule is CCCCCCCCCCCCCCC(CCCCCCCCCCCCCC)COS(=O)(=O)[O-].[K+]. The van der Waals surface area contributed by atoms with Crippen molar-refractivity contribution in [2.75, 3.05) is 6.61 Å². The normalized spacial score (nSPS) is 11.8. The molecule has 0 atom stereocenters. The largest absolute Gasteiger partial charge is 1.00 e. The van der Waals surface area contributed by atoms with Gasteiger partial charge in [-0.15, -0.1) is 0 Å². The number of hydrogen-bond donors (Lipinski definition) is 0. The van der Waals surface area contributed by atoms with Crippen molar-refractivity contribution in [3.8, 4) is 0 Å². The van der Waals surface area contributed by atoms with Crippen LogP contribution in [0.2, 0.25) is 0 Å². The fourth-order valence-corrected chi connectivity index (χ4v) is 5.40. The molecule has 0 fully saturated rings. The molecule has 0 aliphatic carbocycles. The fraction of sp³-hybridized carbons (Fsp3) is 1.00. The van der Waals surface area contributed by atoms with Gasteiger partial charge in [0.2, 0.25) is 10.4 Å². The molecule has 0 saturated carbocycles. The Labute approximate surface area is 269 Å². The van der Waals surface area contributed by atoms with E-state index in [0.29, 0.717) is 0 Å². The van der Waals surface area contributed by atoms with Crippen molar-refractivity contribution in [2.45, 2.75) is 181 Å². The molecule has 0 heterocycles. The third-order valence-electron chi connectivity index (χ3n) is 7.38. The summed E-state index contributed by atoms with van der Waals surface area (Å²) in [6.45, 7) is 4.60. The van der Waals surface area contributed by atoms with Crippen molar-refractivity contribution >= 4 is 10.4 Å².